The first-order valence-corrected chi connectivity index (χ1v) is 4.52. The van der Waals surface area contributed by atoms with E-state index in [1.54, 1.807) is 0 Å². The van der Waals surface area contributed by atoms with Gasteiger partial charge in [-0.3, -0.25) is 0 Å². The summed E-state index contributed by atoms with van der Waals surface area (Å²) in [5, 5.41) is 0. The van der Waals surface area contributed by atoms with Crippen LogP contribution in [0, 0.1) is 6.08 Å². The van der Waals surface area contributed by atoms with Crippen molar-refractivity contribution in [1.29, 1.82) is 0 Å². The van der Waals surface area contributed by atoms with Gasteiger partial charge in [-0.2, -0.15) is 23.3 Å². The monoisotopic (exact) mass is 165 g/mol. The van der Waals surface area contributed by atoms with Crippen molar-refractivity contribution in [2.75, 3.05) is 0 Å². The van der Waals surface area contributed by atoms with Crippen LogP contribution in [0.5, 0.6) is 0 Å². The Morgan fingerprint density at radius 2 is 2.08 bits per heavy atom. The molecule has 0 atom stereocenters. The molecule has 1 aromatic carbocycles. The van der Waals surface area contributed by atoms with Crippen LogP contribution in [-0.2, 0) is 6.42 Å². The number of allylic oxidation sites excluding steroid dienone is 5. The molecule has 0 heteroatoms. The molecule has 0 amide bonds. The smallest absolute Gasteiger partial charge is 0.0451 e. The molecule has 13 heavy (non-hydrogen) atoms. The van der Waals surface area contributed by atoms with Crippen LogP contribution in [0.3, 0.4) is 0 Å². The van der Waals surface area contributed by atoms with Crippen molar-refractivity contribution in [3.8, 4) is 0 Å². The van der Waals surface area contributed by atoms with Crippen LogP contribution in [0.2, 0.25) is 0 Å². The summed E-state index contributed by atoms with van der Waals surface area (Å²) < 4.78 is 0. The van der Waals surface area contributed by atoms with Crippen molar-refractivity contribution in [3.05, 3.63) is 64.8 Å². The molecule has 0 saturated heterocycles. The van der Waals surface area contributed by atoms with Gasteiger partial charge in [0.15, 0.2) is 0 Å². The summed E-state index contributed by atoms with van der Waals surface area (Å²) in [4.78, 5) is 0. The number of rotatable bonds is 0. The van der Waals surface area contributed by atoms with E-state index in [-0.39, 0.29) is 0 Å². The van der Waals surface area contributed by atoms with Gasteiger partial charge in [0, 0.05) is 0 Å². The molecule has 0 aliphatic heterocycles. The summed E-state index contributed by atoms with van der Waals surface area (Å²) >= 11 is 0. The molecule has 0 radical (unpaired) electrons. The Morgan fingerprint density at radius 1 is 1.15 bits per heavy atom. The maximum Gasteiger partial charge on any atom is -0.0451 e. The molecule has 0 nitrogen and oxygen atoms in total. The highest BCUT2D eigenvalue weighted by molar-refractivity contribution is 5.70. The van der Waals surface area contributed by atoms with Gasteiger partial charge in [-0.05, 0) is 6.42 Å². The lowest BCUT2D eigenvalue weighted by Gasteiger charge is -2.21. The predicted octanol–water partition coefficient (Wildman–Crippen LogP) is 2.93. The van der Waals surface area contributed by atoms with Crippen LogP contribution in [-0.4, -0.2) is 0 Å². The van der Waals surface area contributed by atoms with Crippen LogP contribution in [0.1, 0.15) is 11.1 Å². The number of fused-ring (bicyclic) bond motifs is 2. The van der Waals surface area contributed by atoms with Crippen LogP contribution < -0.4 is 0 Å². The molecule has 0 unspecified atom stereocenters. The maximum atomic E-state index is 3.24. The highest BCUT2D eigenvalue weighted by Gasteiger charge is 2.06. The number of hydrogen-bond acceptors (Lipinski definition) is 0. The van der Waals surface area contributed by atoms with E-state index in [2.05, 4.69) is 42.5 Å². The van der Waals surface area contributed by atoms with E-state index < -0.39 is 0 Å². The van der Waals surface area contributed by atoms with E-state index in [4.69, 9.17) is 0 Å². The third-order valence-electron chi connectivity index (χ3n) is 2.61. The fourth-order valence-electron chi connectivity index (χ4n) is 1.90. The van der Waals surface area contributed by atoms with E-state index in [1.165, 1.54) is 22.3 Å². The second kappa shape index (κ2) is 2.46. The standard InChI is InChI=1S/C13H9/c1-2-5-11-9-13-7-3-6-12(13)8-10(11)4-1/h1-6,9H,8H2/q-1. The van der Waals surface area contributed by atoms with Gasteiger partial charge in [-0.15, -0.1) is 12.2 Å². The molecule has 3 rings (SSSR count). The molecule has 62 valence electrons. The Balaban J connectivity index is 2.21. The van der Waals surface area contributed by atoms with Crippen LogP contribution in [0.15, 0.2) is 47.6 Å². The average molecular weight is 165 g/mol. The minimum Gasteiger partial charge on any atom is -0.172 e. The zero-order valence-electron chi connectivity index (χ0n) is 7.25. The highest BCUT2D eigenvalue weighted by Crippen LogP contribution is 2.30. The van der Waals surface area contributed by atoms with Gasteiger partial charge in [0.05, 0.1) is 0 Å². The molecule has 0 saturated carbocycles. The number of benzene rings is 1. The second-order valence-electron chi connectivity index (χ2n) is 3.44. The van der Waals surface area contributed by atoms with Crippen LogP contribution in [0.4, 0.5) is 0 Å². The lowest BCUT2D eigenvalue weighted by Crippen LogP contribution is -1.99. The van der Waals surface area contributed by atoms with Crippen molar-refractivity contribution in [1.82, 2.24) is 0 Å². The fourth-order valence-corrected chi connectivity index (χ4v) is 1.90. The van der Waals surface area contributed by atoms with Gasteiger partial charge < -0.3 is 0 Å². The first kappa shape index (κ1) is 6.90. The molecule has 2 aliphatic carbocycles. The first-order valence-electron chi connectivity index (χ1n) is 4.52. The van der Waals surface area contributed by atoms with Gasteiger partial charge >= 0.3 is 0 Å². The van der Waals surface area contributed by atoms with Crippen molar-refractivity contribution < 1.29 is 0 Å². The summed E-state index contributed by atoms with van der Waals surface area (Å²) in [5.41, 5.74) is 5.43. The number of hydrogen-bond donors (Lipinski definition) is 0. The summed E-state index contributed by atoms with van der Waals surface area (Å²) in [6.45, 7) is 0. The molecule has 2 aliphatic rings. The minimum absolute atomic E-state index is 1.06. The maximum absolute atomic E-state index is 3.24. The van der Waals surface area contributed by atoms with Crippen molar-refractivity contribution in [2.45, 2.75) is 6.42 Å². The van der Waals surface area contributed by atoms with E-state index in [0.717, 1.165) is 6.42 Å². The lowest BCUT2D eigenvalue weighted by atomic mass is 9.90. The quantitative estimate of drug-likeness (QED) is 0.518. The summed E-state index contributed by atoms with van der Waals surface area (Å²) in [5.74, 6) is 0. The minimum atomic E-state index is 1.06. The Hall–Kier alpha value is -1.56. The molecule has 1 aromatic rings. The van der Waals surface area contributed by atoms with Gasteiger partial charge in [0.2, 0.25) is 0 Å². The van der Waals surface area contributed by atoms with Crippen molar-refractivity contribution in [3.63, 3.8) is 0 Å². The highest BCUT2D eigenvalue weighted by atomic mass is 14.2. The Labute approximate surface area is 77.9 Å². The molecule has 0 aromatic heterocycles. The second-order valence-corrected chi connectivity index (χ2v) is 3.44. The van der Waals surface area contributed by atoms with E-state index >= 15 is 0 Å². The molecule has 0 N–H and O–H groups in total. The average Bonchev–Trinajstić information content (AvgIpc) is 2.61. The van der Waals surface area contributed by atoms with Crippen molar-refractivity contribution >= 4 is 6.08 Å². The summed E-state index contributed by atoms with van der Waals surface area (Å²) in [6.07, 6.45) is 10.7. The normalized spacial score (nSPS) is 17.5. The molecule has 0 spiro atoms. The van der Waals surface area contributed by atoms with Gasteiger partial charge in [-0.25, -0.2) is 0 Å². The SMILES string of the molecule is [C-]1=CC=C2Cc3ccccc3C=C12. The zero-order valence-corrected chi connectivity index (χ0v) is 7.25. The zero-order chi connectivity index (χ0) is 8.67. The topological polar surface area (TPSA) is 0 Å². The van der Waals surface area contributed by atoms with Crippen molar-refractivity contribution in [2.24, 2.45) is 0 Å². The third-order valence-corrected chi connectivity index (χ3v) is 2.61. The largest absolute Gasteiger partial charge is 0.172 e. The predicted molar refractivity (Wildman–Crippen MR) is 54.0 cm³/mol. The molecule has 0 heterocycles. The first-order chi connectivity index (χ1) is 6.43. The Kier molecular flexibility index (Phi) is 1.31. The van der Waals surface area contributed by atoms with Gasteiger partial charge in [0.25, 0.3) is 0 Å². The van der Waals surface area contributed by atoms with Gasteiger partial charge in [0.1, 0.15) is 0 Å². The van der Waals surface area contributed by atoms with Crippen LogP contribution in [0.25, 0.3) is 6.08 Å². The molecular formula is C13H9-. The lowest BCUT2D eigenvalue weighted by molar-refractivity contribution is 1.15. The summed E-state index contributed by atoms with van der Waals surface area (Å²) in [7, 11) is 0. The Bertz CT molecular complexity index is 445. The molecule has 0 fully saturated rings. The molecular weight excluding hydrogens is 156 g/mol. The summed E-state index contributed by atoms with van der Waals surface area (Å²) in [6, 6.07) is 8.55. The Morgan fingerprint density at radius 3 is 3.08 bits per heavy atom. The van der Waals surface area contributed by atoms with E-state index in [0.29, 0.717) is 0 Å². The van der Waals surface area contributed by atoms with Crippen LogP contribution >= 0.6 is 0 Å². The fraction of sp³-hybridized carbons (Fsp3) is 0.0769. The van der Waals surface area contributed by atoms with E-state index in [1.807, 2.05) is 6.08 Å². The molecule has 0 bridgehead atoms. The van der Waals surface area contributed by atoms with Gasteiger partial charge in [-0.1, -0.05) is 35.4 Å². The third kappa shape index (κ3) is 0.988. The van der Waals surface area contributed by atoms with E-state index in [9.17, 15) is 0 Å².